The summed E-state index contributed by atoms with van der Waals surface area (Å²) in [6, 6.07) is 5.58. The summed E-state index contributed by atoms with van der Waals surface area (Å²) in [6.45, 7) is 7.10. The molecule has 9 heteroatoms. The third-order valence-electron chi connectivity index (χ3n) is 5.16. The zero-order chi connectivity index (χ0) is 21.3. The van der Waals surface area contributed by atoms with E-state index in [-0.39, 0.29) is 17.9 Å². The lowest BCUT2D eigenvalue weighted by Crippen LogP contribution is -2.49. The van der Waals surface area contributed by atoms with Crippen LogP contribution in [-0.4, -0.2) is 43.7 Å². The van der Waals surface area contributed by atoms with Gasteiger partial charge in [-0.2, -0.15) is 10.1 Å². The molecular formula is C21H26N8O. The Kier molecular flexibility index (Phi) is 5.35. The lowest BCUT2D eigenvalue weighted by Gasteiger charge is -2.36. The Labute approximate surface area is 175 Å². The molecule has 0 saturated carbocycles. The molecule has 0 radical (unpaired) electrons. The number of hydrogen-bond donors (Lipinski definition) is 2. The Morgan fingerprint density at radius 1 is 1.27 bits per heavy atom. The minimum absolute atomic E-state index is 0.0206. The number of likely N-dealkylation sites (N-methyl/N-ethyl adjacent to an activating group) is 1. The maximum atomic E-state index is 12.5. The quantitative estimate of drug-likeness (QED) is 0.648. The fourth-order valence-electron chi connectivity index (χ4n) is 3.72. The number of fused-ring (bicyclic) bond motifs is 1. The zero-order valence-electron chi connectivity index (χ0n) is 17.6. The van der Waals surface area contributed by atoms with E-state index in [1.807, 2.05) is 68.0 Å². The van der Waals surface area contributed by atoms with E-state index >= 15 is 0 Å². The third kappa shape index (κ3) is 3.96. The molecule has 156 valence electrons. The fourth-order valence-corrected chi connectivity index (χ4v) is 3.72. The smallest absolute Gasteiger partial charge is 0.247 e. The number of aromatic nitrogens is 5. The van der Waals surface area contributed by atoms with Gasteiger partial charge in [-0.3, -0.25) is 14.5 Å². The van der Waals surface area contributed by atoms with Crippen molar-refractivity contribution in [3.05, 3.63) is 53.7 Å². The Balaban J connectivity index is 1.47. The van der Waals surface area contributed by atoms with Gasteiger partial charge in [0.15, 0.2) is 5.82 Å². The second-order valence-corrected chi connectivity index (χ2v) is 7.84. The van der Waals surface area contributed by atoms with E-state index in [0.29, 0.717) is 24.7 Å². The average Bonchev–Trinajstić information content (AvgIpc) is 3.15. The molecule has 0 saturated heterocycles. The Morgan fingerprint density at radius 2 is 2.10 bits per heavy atom. The molecule has 30 heavy (non-hydrogen) atoms. The normalized spacial score (nSPS) is 15.8. The van der Waals surface area contributed by atoms with E-state index in [0.717, 1.165) is 22.8 Å². The summed E-state index contributed by atoms with van der Waals surface area (Å²) in [5, 5.41) is 10.6. The zero-order valence-corrected chi connectivity index (χ0v) is 17.6. The average molecular weight is 406 g/mol. The predicted octanol–water partition coefficient (Wildman–Crippen LogP) is 2.45. The molecule has 1 atom stereocenters. The van der Waals surface area contributed by atoms with Gasteiger partial charge in [0, 0.05) is 31.5 Å². The number of carbonyl (C=O) groups excluding carboxylic acids is 1. The van der Waals surface area contributed by atoms with Gasteiger partial charge in [0.25, 0.3) is 0 Å². The van der Waals surface area contributed by atoms with Gasteiger partial charge in [-0.05, 0) is 25.0 Å². The minimum atomic E-state index is -0.260. The first-order valence-corrected chi connectivity index (χ1v) is 10.00. The van der Waals surface area contributed by atoms with E-state index in [9.17, 15) is 4.79 Å². The summed E-state index contributed by atoms with van der Waals surface area (Å²) in [5.74, 6) is 1.40. The molecule has 9 nitrogen and oxygen atoms in total. The molecule has 0 aliphatic carbocycles. The molecule has 0 spiro atoms. The lowest BCUT2D eigenvalue weighted by molar-refractivity contribution is -0.118. The van der Waals surface area contributed by atoms with Crippen molar-refractivity contribution in [1.29, 1.82) is 0 Å². The monoisotopic (exact) mass is 406 g/mol. The highest BCUT2D eigenvalue weighted by Gasteiger charge is 2.35. The van der Waals surface area contributed by atoms with Crippen molar-refractivity contribution in [2.45, 2.75) is 39.9 Å². The number of nitrogens with zero attached hydrogens (tertiary/aromatic N) is 6. The molecule has 1 aliphatic rings. The van der Waals surface area contributed by atoms with Crippen LogP contribution < -0.4 is 15.5 Å². The van der Waals surface area contributed by atoms with Crippen molar-refractivity contribution in [3.8, 4) is 0 Å². The van der Waals surface area contributed by atoms with Crippen LogP contribution in [0.15, 0.2) is 36.8 Å². The van der Waals surface area contributed by atoms with E-state index in [4.69, 9.17) is 0 Å². The van der Waals surface area contributed by atoms with Crippen LogP contribution in [-0.2, 0) is 17.9 Å². The lowest BCUT2D eigenvalue weighted by atomic mass is 9.99. The van der Waals surface area contributed by atoms with E-state index in [1.54, 1.807) is 6.20 Å². The first-order chi connectivity index (χ1) is 14.4. The van der Waals surface area contributed by atoms with Crippen molar-refractivity contribution in [2.24, 2.45) is 5.92 Å². The second kappa shape index (κ2) is 8.10. The van der Waals surface area contributed by atoms with Gasteiger partial charge < -0.3 is 15.5 Å². The highest BCUT2D eigenvalue weighted by Crippen LogP contribution is 2.34. The Bertz CT molecular complexity index is 1050. The number of carbonyl (C=O) groups is 1. The summed E-state index contributed by atoms with van der Waals surface area (Å²) >= 11 is 0. The van der Waals surface area contributed by atoms with E-state index in [1.165, 1.54) is 0 Å². The van der Waals surface area contributed by atoms with Gasteiger partial charge in [-0.1, -0.05) is 19.9 Å². The first-order valence-electron chi connectivity index (χ1n) is 10.00. The number of rotatable bonds is 6. The number of nitrogens with one attached hydrogen (secondary N) is 2. The molecule has 0 bridgehead atoms. The van der Waals surface area contributed by atoms with Gasteiger partial charge in [-0.25, -0.2) is 4.98 Å². The summed E-state index contributed by atoms with van der Waals surface area (Å²) < 4.78 is 1.86. The van der Waals surface area contributed by atoms with Gasteiger partial charge >= 0.3 is 0 Å². The van der Waals surface area contributed by atoms with Crippen molar-refractivity contribution in [3.63, 3.8) is 0 Å². The van der Waals surface area contributed by atoms with Gasteiger partial charge in [0.2, 0.25) is 11.9 Å². The van der Waals surface area contributed by atoms with Crippen LogP contribution in [0.2, 0.25) is 0 Å². The molecule has 0 fully saturated rings. The number of aryl methyl sites for hydroxylation is 1. The maximum absolute atomic E-state index is 12.5. The number of amides is 1. The topological polar surface area (TPSA) is 101 Å². The molecule has 4 rings (SSSR count). The van der Waals surface area contributed by atoms with Crippen molar-refractivity contribution in [1.82, 2.24) is 24.7 Å². The molecule has 1 aliphatic heterocycles. The van der Waals surface area contributed by atoms with Crippen LogP contribution in [0.3, 0.4) is 0 Å². The van der Waals surface area contributed by atoms with Crippen LogP contribution >= 0.6 is 0 Å². The summed E-state index contributed by atoms with van der Waals surface area (Å²) in [7, 11) is 1.90. The summed E-state index contributed by atoms with van der Waals surface area (Å²) in [5.41, 5.74) is 3.38. The molecule has 3 aromatic rings. The molecule has 1 amide bonds. The fraction of sp³-hybridized carbons (Fsp3) is 0.381. The second-order valence-electron chi connectivity index (χ2n) is 7.84. The van der Waals surface area contributed by atoms with Crippen molar-refractivity contribution in [2.75, 3.05) is 22.6 Å². The SMILES string of the molecule is Cc1nc(NCc2cnn(Cc3ccccn3)c2)nc2c1NC(=O)[C@H](C(C)C)N2C. The molecule has 2 N–H and O–H groups in total. The molecular weight excluding hydrogens is 380 g/mol. The van der Waals surface area contributed by atoms with Gasteiger partial charge in [0.1, 0.15) is 11.7 Å². The molecule has 0 unspecified atom stereocenters. The first kappa shape index (κ1) is 19.8. The number of pyridine rings is 1. The van der Waals surface area contributed by atoms with Crippen LogP contribution in [0.25, 0.3) is 0 Å². The highest BCUT2D eigenvalue weighted by atomic mass is 16.2. The molecule has 3 aromatic heterocycles. The van der Waals surface area contributed by atoms with Crippen LogP contribution in [0, 0.1) is 12.8 Å². The maximum Gasteiger partial charge on any atom is 0.247 e. The van der Waals surface area contributed by atoms with Crippen molar-refractivity contribution >= 4 is 23.4 Å². The summed E-state index contributed by atoms with van der Waals surface area (Å²) in [6.07, 6.45) is 5.58. The Hall–Kier alpha value is -3.49. The molecule has 4 heterocycles. The molecule has 0 aromatic carbocycles. The van der Waals surface area contributed by atoms with Crippen LogP contribution in [0.1, 0.15) is 30.8 Å². The van der Waals surface area contributed by atoms with Crippen molar-refractivity contribution < 1.29 is 4.79 Å². The summed E-state index contributed by atoms with van der Waals surface area (Å²) in [4.78, 5) is 27.9. The minimum Gasteiger partial charge on any atom is -0.350 e. The standard InChI is InChI=1S/C21H26N8O/c1-13(2)18-20(30)26-17-14(3)25-21(27-19(17)28(18)4)23-9-15-10-24-29(11-15)12-16-7-5-6-8-22-16/h5-8,10-11,13,18H,9,12H2,1-4H3,(H,26,30)(H,23,25,27)/t18-/m0/s1. The Morgan fingerprint density at radius 3 is 2.83 bits per heavy atom. The van der Waals surface area contributed by atoms with Gasteiger partial charge in [-0.15, -0.1) is 0 Å². The number of anilines is 3. The van der Waals surface area contributed by atoms with E-state index in [2.05, 4.69) is 30.7 Å². The largest absolute Gasteiger partial charge is 0.350 e. The van der Waals surface area contributed by atoms with E-state index < -0.39 is 0 Å². The highest BCUT2D eigenvalue weighted by molar-refractivity contribution is 6.03. The predicted molar refractivity (Wildman–Crippen MR) is 115 cm³/mol. The van der Waals surface area contributed by atoms with Crippen LogP contribution in [0.5, 0.6) is 0 Å². The van der Waals surface area contributed by atoms with Crippen LogP contribution in [0.4, 0.5) is 17.5 Å². The third-order valence-corrected chi connectivity index (χ3v) is 5.16. The van der Waals surface area contributed by atoms with Gasteiger partial charge in [0.05, 0.1) is 24.1 Å². The number of hydrogen-bond acceptors (Lipinski definition) is 7.